The molecule has 1 aromatic carbocycles. The van der Waals surface area contributed by atoms with Crippen molar-refractivity contribution in [3.05, 3.63) is 35.9 Å². The molecule has 5 nitrogen and oxygen atoms in total. The van der Waals surface area contributed by atoms with Crippen molar-refractivity contribution in [1.29, 1.82) is 0 Å². The molecule has 2 heterocycles. The molecular weight excluding hydrogens is 436 g/mol. The summed E-state index contributed by atoms with van der Waals surface area (Å²) in [5.74, 6) is 1.40. The summed E-state index contributed by atoms with van der Waals surface area (Å²) in [6, 6.07) is 10.3. The number of carbonyl (C=O) groups is 2. The van der Waals surface area contributed by atoms with Gasteiger partial charge in [0, 0.05) is 43.3 Å². The van der Waals surface area contributed by atoms with Crippen LogP contribution < -0.4 is 0 Å². The molecule has 0 aromatic heterocycles. The van der Waals surface area contributed by atoms with Gasteiger partial charge in [-0.25, -0.2) is 0 Å². The lowest BCUT2D eigenvalue weighted by atomic mass is 9.65. The minimum atomic E-state index is -0.909. The molecule has 2 aliphatic heterocycles. The molecule has 2 amide bonds. The molecule has 3 unspecified atom stereocenters. The molecule has 2 saturated heterocycles. The lowest BCUT2D eigenvalue weighted by Crippen LogP contribution is -2.64. The SMILES string of the molecule is CC(CC1CCCCC1)C(=O)N1CCC(O)(CN2CC(c3ccccc3)CC2=O)C2(CCCC2)C1. The zero-order chi connectivity index (χ0) is 24.5. The quantitative estimate of drug-likeness (QED) is 0.614. The number of aliphatic hydroxyl groups is 1. The van der Waals surface area contributed by atoms with Crippen LogP contribution in [0.4, 0.5) is 0 Å². The van der Waals surface area contributed by atoms with E-state index < -0.39 is 5.60 Å². The standard InChI is InChI=1S/C30H44N2O3/c1-23(18-24-10-4-2-5-11-24)28(34)31-17-16-30(35,29(21-31)14-8-9-15-29)22-32-20-26(19-27(32)33)25-12-6-3-7-13-25/h3,6-7,12-13,23-24,26,35H,2,4-5,8-11,14-22H2,1H3. The van der Waals surface area contributed by atoms with Crippen LogP contribution in [0.2, 0.25) is 0 Å². The molecule has 1 spiro atoms. The van der Waals surface area contributed by atoms with E-state index in [-0.39, 0.29) is 29.1 Å². The normalized spacial score (nSPS) is 30.2. The van der Waals surface area contributed by atoms with Gasteiger partial charge in [-0.15, -0.1) is 0 Å². The average Bonchev–Trinajstić information content (AvgIpc) is 3.49. The maximum absolute atomic E-state index is 13.5. The van der Waals surface area contributed by atoms with Crippen LogP contribution in [0.25, 0.3) is 0 Å². The van der Waals surface area contributed by atoms with E-state index in [0.29, 0.717) is 44.9 Å². The molecule has 192 valence electrons. The monoisotopic (exact) mass is 480 g/mol. The van der Waals surface area contributed by atoms with Gasteiger partial charge in [0.2, 0.25) is 11.8 Å². The van der Waals surface area contributed by atoms with Gasteiger partial charge in [0.1, 0.15) is 0 Å². The third-order valence-corrected chi connectivity index (χ3v) is 9.92. The molecule has 5 rings (SSSR count). The number of amides is 2. The number of rotatable bonds is 6. The van der Waals surface area contributed by atoms with E-state index in [1.165, 1.54) is 37.7 Å². The zero-order valence-corrected chi connectivity index (χ0v) is 21.6. The number of hydrogen-bond donors (Lipinski definition) is 1. The number of piperidine rings is 1. The Morgan fingerprint density at radius 3 is 2.49 bits per heavy atom. The highest BCUT2D eigenvalue weighted by molar-refractivity contribution is 5.80. The Balaban J connectivity index is 1.25. The fourth-order valence-corrected chi connectivity index (χ4v) is 7.81. The van der Waals surface area contributed by atoms with E-state index in [2.05, 4.69) is 24.0 Å². The van der Waals surface area contributed by atoms with Gasteiger partial charge in [0.05, 0.1) is 12.1 Å². The lowest BCUT2D eigenvalue weighted by molar-refractivity contribution is -0.167. The minimum absolute atomic E-state index is 0.0644. The molecule has 3 atom stereocenters. The van der Waals surface area contributed by atoms with Crippen LogP contribution in [0.15, 0.2) is 30.3 Å². The van der Waals surface area contributed by atoms with E-state index >= 15 is 0 Å². The summed E-state index contributed by atoms with van der Waals surface area (Å²) < 4.78 is 0. The number of benzene rings is 1. The Bertz CT molecular complexity index is 890. The second-order valence-electron chi connectivity index (χ2n) is 12.3. The predicted octanol–water partition coefficient (Wildman–Crippen LogP) is 5.13. The molecule has 4 fully saturated rings. The highest BCUT2D eigenvalue weighted by Gasteiger charge is 2.57. The Morgan fingerprint density at radius 2 is 1.77 bits per heavy atom. The van der Waals surface area contributed by atoms with E-state index in [4.69, 9.17) is 0 Å². The van der Waals surface area contributed by atoms with Gasteiger partial charge in [-0.2, -0.15) is 0 Å². The largest absolute Gasteiger partial charge is 0.387 e. The van der Waals surface area contributed by atoms with Gasteiger partial charge in [0.15, 0.2) is 0 Å². The van der Waals surface area contributed by atoms with Gasteiger partial charge >= 0.3 is 0 Å². The van der Waals surface area contributed by atoms with Crippen LogP contribution in [0.3, 0.4) is 0 Å². The average molecular weight is 481 g/mol. The summed E-state index contributed by atoms with van der Waals surface area (Å²) >= 11 is 0. The van der Waals surface area contributed by atoms with E-state index in [0.717, 1.165) is 32.1 Å². The maximum Gasteiger partial charge on any atom is 0.225 e. The molecule has 2 aliphatic carbocycles. The summed E-state index contributed by atoms with van der Waals surface area (Å²) in [5.41, 5.74) is 0.0170. The molecule has 4 aliphatic rings. The van der Waals surface area contributed by atoms with Crippen molar-refractivity contribution < 1.29 is 14.7 Å². The van der Waals surface area contributed by atoms with Crippen LogP contribution in [-0.4, -0.2) is 58.5 Å². The van der Waals surface area contributed by atoms with Gasteiger partial charge in [0.25, 0.3) is 0 Å². The first-order valence-corrected chi connectivity index (χ1v) is 14.2. The highest BCUT2D eigenvalue weighted by Crippen LogP contribution is 2.52. The van der Waals surface area contributed by atoms with Crippen molar-refractivity contribution in [3.8, 4) is 0 Å². The summed E-state index contributed by atoms with van der Waals surface area (Å²) in [4.78, 5) is 30.5. The fourth-order valence-electron chi connectivity index (χ4n) is 7.81. The molecule has 0 bridgehead atoms. The van der Waals surface area contributed by atoms with E-state index in [1.807, 2.05) is 23.1 Å². The molecule has 1 N–H and O–H groups in total. The fraction of sp³-hybridized carbons (Fsp3) is 0.733. The highest BCUT2D eigenvalue weighted by atomic mass is 16.3. The Hall–Kier alpha value is -1.88. The topological polar surface area (TPSA) is 60.9 Å². The van der Waals surface area contributed by atoms with Crippen molar-refractivity contribution >= 4 is 11.8 Å². The number of carbonyl (C=O) groups excluding carboxylic acids is 2. The third kappa shape index (κ3) is 5.03. The number of likely N-dealkylation sites (tertiary alicyclic amines) is 2. The van der Waals surface area contributed by atoms with Gasteiger partial charge in [-0.1, -0.05) is 82.2 Å². The maximum atomic E-state index is 13.5. The van der Waals surface area contributed by atoms with Crippen LogP contribution in [-0.2, 0) is 9.59 Å². The first kappa shape index (κ1) is 24.8. The Kier molecular flexibility index (Phi) is 7.25. The van der Waals surface area contributed by atoms with Crippen LogP contribution in [0, 0.1) is 17.3 Å². The Labute approximate surface area is 211 Å². The molecular formula is C30H44N2O3. The smallest absolute Gasteiger partial charge is 0.225 e. The second kappa shape index (κ2) is 10.2. The zero-order valence-electron chi connectivity index (χ0n) is 21.6. The van der Waals surface area contributed by atoms with Crippen LogP contribution in [0.1, 0.15) is 95.5 Å². The minimum Gasteiger partial charge on any atom is -0.387 e. The van der Waals surface area contributed by atoms with Gasteiger partial charge < -0.3 is 14.9 Å². The third-order valence-electron chi connectivity index (χ3n) is 9.92. The number of nitrogens with zero attached hydrogens (tertiary/aromatic N) is 2. The Morgan fingerprint density at radius 1 is 1.06 bits per heavy atom. The number of β-amino-alcohol motifs (C(OH)–C–C–N with tert-alkyl or cyclic N) is 1. The van der Waals surface area contributed by atoms with Crippen LogP contribution >= 0.6 is 0 Å². The molecule has 1 aromatic rings. The number of hydrogen-bond acceptors (Lipinski definition) is 3. The van der Waals surface area contributed by atoms with Gasteiger partial charge in [-0.3, -0.25) is 9.59 Å². The summed E-state index contributed by atoms with van der Waals surface area (Å²) in [6.07, 6.45) is 12.7. The molecule has 35 heavy (non-hydrogen) atoms. The van der Waals surface area contributed by atoms with Gasteiger partial charge in [-0.05, 0) is 37.2 Å². The molecule has 0 radical (unpaired) electrons. The first-order chi connectivity index (χ1) is 16.9. The van der Waals surface area contributed by atoms with Crippen molar-refractivity contribution in [3.63, 3.8) is 0 Å². The first-order valence-electron chi connectivity index (χ1n) is 14.2. The molecule has 5 heteroatoms. The van der Waals surface area contributed by atoms with Crippen molar-refractivity contribution in [1.82, 2.24) is 9.80 Å². The summed E-state index contributed by atoms with van der Waals surface area (Å²) in [5, 5.41) is 12.1. The van der Waals surface area contributed by atoms with E-state index in [1.54, 1.807) is 0 Å². The lowest BCUT2D eigenvalue weighted by Gasteiger charge is -2.53. The summed E-state index contributed by atoms with van der Waals surface area (Å²) in [7, 11) is 0. The predicted molar refractivity (Wildman–Crippen MR) is 138 cm³/mol. The van der Waals surface area contributed by atoms with Crippen LogP contribution in [0.5, 0.6) is 0 Å². The van der Waals surface area contributed by atoms with Crippen molar-refractivity contribution in [2.75, 3.05) is 26.2 Å². The van der Waals surface area contributed by atoms with Crippen molar-refractivity contribution in [2.45, 2.75) is 95.5 Å². The van der Waals surface area contributed by atoms with E-state index in [9.17, 15) is 14.7 Å². The molecule has 2 saturated carbocycles. The van der Waals surface area contributed by atoms with Crippen molar-refractivity contribution in [2.24, 2.45) is 17.3 Å². The second-order valence-corrected chi connectivity index (χ2v) is 12.3. The summed E-state index contributed by atoms with van der Waals surface area (Å²) in [6.45, 7) is 4.47.